The molecule has 3 atom stereocenters. The van der Waals surface area contributed by atoms with Gasteiger partial charge in [-0.25, -0.2) is 0 Å². The van der Waals surface area contributed by atoms with Crippen LogP contribution in [-0.4, -0.2) is 29.9 Å². The van der Waals surface area contributed by atoms with Crippen molar-refractivity contribution in [3.8, 4) is 0 Å². The molecule has 1 aromatic heterocycles. The van der Waals surface area contributed by atoms with E-state index in [0.717, 1.165) is 18.8 Å². The minimum Gasteiger partial charge on any atom is -0.381 e. The minimum absolute atomic E-state index is 0.124. The van der Waals surface area contributed by atoms with Crippen molar-refractivity contribution in [2.24, 2.45) is 5.92 Å². The standard InChI is InChI=1S/C11H19N3O2/c1-7-4-5-12-10(7)11-13-9(14-16-11)6-8(2)15-3/h7-8,10,12H,4-6H2,1-3H3. The second-order valence-corrected chi connectivity index (χ2v) is 4.50. The maximum Gasteiger partial charge on any atom is 0.244 e. The van der Waals surface area contributed by atoms with Crippen molar-refractivity contribution >= 4 is 0 Å². The van der Waals surface area contributed by atoms with Crippen molar-refractivity contribution in [1.29, 1.82) is 0 Å². The molecule has 0 saturated carbocycles. The quantitative estimate of drug-likeness (QED) is 0.837. The van der Waals surface area contributed by atoms with Crippen molar-refractivity contribution in [3.05, 3.63) is 11.7 Å². The normalized spacial score (nSPS) is 27.2. The Balaban J connectivity index is 2.01. The van der Waals surface area contributed by atoms with Crippen LogP contribution >= 0.6 is 0 Å². The molecule has 2 rings (SSSR count). The van der Waals surface area contributed by atoms with E-state index in [2.05, 4.69) is 22.4 Å². The van der Waals surface area contributed by atoms with Gasteiger partial charge in [-0.05, 0) is 25.8 Å². The average Bonchev–Trinajstić information content (AvgIpc) is 2.86. The Bertz CT molecular complexity index is 340. The van der Waals surface area contributed by atoms with Gasteiger partial charge in [0.05, 0.1) is 12.1 Å². The molecule has 0 spiro atoms. The summed E-state index contributed by atoms with van der Waals surface area (Å²) in [6, 6.07) is 0.221. The maximum atomic E-state index is 5.29. The molecule has 1 aliphatic rings. The molecule has 1 N–H and O–H groups in total. The minimum atomic E-state index is 0.124. The van der Waals surface area contributed by atoms with Crippen LogP contribution in [0.4, 0.5) is 0 Å². The Morgan fingerprint density at radius 3 is 3.06 bits per heavy atom. The molecule has 1 aliphatic heterocycles. The largest absolute Gasteiger partial charge is 0.381 e. The van der Waals surface area contributed by atoms with E-state index in [-0.39, 0.29) is 12.1 Å². The zero-order valence-corrected chi connectivity index (χ0v) is 10.1. The molecule has 0 amide bonds. The van der Waals surface area contributed by atoms with Crippen LogP contribution in [0.1, 0.15) is 38.0 Å². The molecule has 5 nitrogen and oxygen atoms in total. The Morgan fingerprint density at radius 2 is 2.44 bits per heavy atom. The molecule has 3 unspecified atom stereocenters. The van der Waals surface area contributed by atoms with Crippen LogP contribution in [0.25, 0.3) is 0 Å². The van der Waals surface area contributed by atoms with Gasteiger partial charge in [-0.1, -0.05) is 12.1 Å². The van der Waals surface area contributed by atoms with Gasteiger partial charge in [-0.2, -0.15) is 4.98 Å². The molecule has 0 bridgehead atoms. The van der Waals surface area contributed by atoms with Crippen LogP contribution < -0.4 is 5.32 Å². The summed E-state index contributed by atoms with van der Waals surface area (Å²) in [7, 11) is 1.69. The van der Waals surface area contributed by atoms with Gasteiger partial charge in [0.15, 0.2) is 5.82 Å². The van der Waals surface area contributed by atoms with E-state index in [1.54, 1.807) is 7.11 Å². The van der Waals surface area contributed by atoms with Gasteiger partial charge in [0.1, 0.15) is 0 Å². The van der Waals surface area contributed by atoms with Gasteiger partial charge >= 0.3 is 0 Å². The van der Waals surface area contributed by atoms with E-state index >= 15 is 0 Å². The average molecular weight is 225 g/mol. The molecule has 1 saturated heterocycles. The first kappa shape index (κ1) is 11.5. The SMILES string of the molecule is COC(C)Cc1noc(C2NCCC2C)n1. The highest BCUT2D eigenvalue weighted by atomic mass is 16.5. The van der Waals surface area contributed by atoms with Crippen LogP contribution in [0.5, 0.6) is 0 Å². The lowest BCUT2D eigenvalue weighted by Gasteiger charge is -2.09. The fourth-order valence-electron chi connectivity index (χ4n) is 1.98. The predicted octanol–water partition coefficient (Wildman–Crippen LogP) is 1.32. The number of aromatic nitrogens is 2. The van der Waals surface area contributed by atoms with E-state index < -0.39 is 0 Å². The fraction of sp³-hybridized carbons (Fsp3) is 0.818. The van der Waals surface area contributed by atoms with Crippen molar-refractivity contribution in [1.82, 2.24) is 15.5 Å². The Kier molecular flexibility index (Phi) is 3.56. The molecular formula is C11H19N3O2. The summed E-state index contributed by atoms with van der Waals surface area (Å²) in [5.74, 6) is 2.00. The predicted molar refractivity (Wildman–Crippen MR) is 59.0 cm³/mol. The number of nitrogens with zero attached hydrogens (tertiary/aromatic N) is 2. The Labute approximate surface area is 95.6 Å². The lowest BCUT2D eigenvalue weighted by Crippen LogP contribution is -2.17. The molecule has 2 heterocycles. The third kappa shape index (κ3) is 2.41. The van der Waals surface area contributed by atoms with Crippen molar-refractivity contribution in [3.63, 3.8) is 0 Å². The van der Waals surface area contributed by atoms with E-state index in [1.165, 1.54) is 0 Å². The lowest BCUT2D eigenvalue weighted by molar-refractivity contribution is 0.116. The molecule has 0 aliphatic carbocycles. The second kappa shape index (κ2) is 4.93. The summed E-state index contributed by atoms with van der Waals surface area (Å²) in [5.41, 5.74) is 0. The number of methoxy groups -OCH3 is 1. The summed E-state index contributed by atoms with van der Waals surface area (Å²) in [6.07, 6.45) is 1.98. The Morgan fingerprint density at radius 1 is 1.62 bits per heavy atom. The van der Waals surface area contributed by atoms with E-state index in [4.69, 9.17) is 9.26 Å². The zero-order valence-electron chi connectivity index (χ0n) is 10.1. The smallest absolute Gasteiger partial charge is 0.244 e. The third-order valence-electron chi connectivity index (χ3n) is 3.16. The molecule has 16 heavy (non-hydrogen) atoms. The molecule has 90 valence electrons. The zero-order chi connectivity index (χ0) is 11.5. The molecule has 1 fully saturated rings. The highest BCUT2D eigenvalue weighted by molar-refractivity contribution is 4.98. The topological polar surface area (TPSA) is 60.2 Å². The van der Waals surface area contributed by atoms with E-state index in [0.29, 0.717) is 18.2 Å². The van der Waals surface area contributed by atoms with Crippen LogP contribution in [0.2, 0.25) is 0 Å². The summed E-state index contributed by atoms with van der Waals surface area (Å²) in [4.78, 5) is 4.41. The molecule has 1 aromatic rings. The summed E-state index contributed by atoms with van der Waals surface area (Å²) >= 11 is 0. The number of hydrogen-bond donors (Lipinski definition) is 1. The number of ether oxygens (including phenoxy) is 1. The first-order valence-corrected chi connectivity index (χ1v) is 5.79. The number of rotatable bonds is 4. The first-order valence-electron chi connectivity index (χ1n) is 5.79. The summed E-state index contributed by atoms with van der Waals surface area (Å²) < 4.78 is 10.5. The number of hydrogen-bond acceptors (Lipinski definition) is 5. The summed E-state index contributed by atoms with van der Waals surface area (Å²) in [5, 5.41) is 7.35. The fourth-order valence-corrected chi connectivity index (χ4v) is 1.98. The van der Waals surface area contributed by atoms with Gasteiger partial charge in [0.2, 0.25) is 5.89 Å². The van der Waals surface area contributed by atoms with Crippen molar-refractivity contribution < 1.29 is 9.26 Å². The monoisotopic (exact) mass is 225 g/mol. The first-order chi connectivity index (χ1) is 7.70. The van der Waals surface area contributed by atoms with Crippen LogP contribution in [0, 0.1) is 5.92 Å². The molecule has 0 aromatic carbocycles. The van der Waals surface area contributed by atoms with Crippen molar-refractivity contribution in [2.45, 2.75) is 38.8 Å². The highest BCUT2D eigenvalue weighted by Gasteiger charge is 2.29. The van der Waals surface area contributed by atoms with Gasteiger partial charge < -0.3 is 14.6 Å². The summed E-state index contributed by atoms with van der Waals surface area (Å²) in [6.45, 7) is 5.22. The van der Waals surface area contributed by atoms with Gasteiger partial charge in [-0.15, -0.1) is 0 Å². The second-order valence-electron chi connectivity index (χ2n) is 4.50. The van der Waals surface area contributed by atoms with E-state index in [1.807, 2.05) is 6.92 Å². The lowest BCUT2D eigenvalue weighted by atomic mass is 10.0. The van der Waals surface area contributed by atoms with Gasteiger partial charge in [-0.3, -0.25) is 0 Å². The van der Waals surface area contributed by atoms with Gasteiger partial charge in [0, 0.05) is 13.5 Å². The molecule has 5 heteroatoms. The number of nitrogens with one attached hydrogen (secondary N) is 1. The molecule has 0 radical (unpaired) electrons. The van der Waals surface area contributed by atoms with Crippen molar-refractivity contribution in [2.75, 3.05) is 13.7 Å². The maximum absolute atomic E-state index is 5.29. The van der Waals surface area contributed by atoms with Crippen LogP contribution in [-0.2, 0) is 11.2 Å². The Hall–Kier alpha value is -0.940. The van der Waals surface area contributed by atoms with Crippen LogP contribution in [0.3, 0.4) is 0 Å². The third-order valence-corrected chi connectivity index (χ3v) is 3.16. The van der Waals surface area contributed by atoms with Crippen LogP contribution in [0.15, 0.2) is 4.52 Å². The van der Waals surface area contributed by atoms with Gasteiger partial charge in [0.25, 0.3) is 0 Å². The highest BCUT2D eigenvalue weighted by Crippen LogP contribution is 2.27. The molecular weight excluding hydrogens is 206 g/mol. The van der Waals surface area contributed by atoms with E-state index in [9.17, 15) is 0 Å².